The van der Waals surface area contributed by atoms with Gasteiger partial charge in [-0.1, -0.05) is 6.92 Å². The molecular formula is C9H17NO3. The fourth-order valence-electron chi connectivity index (χ4n) is 0.728. The summed E-state index contributed by atoms with van der Waals surface area (Å²) in [6.45, 7) is 5.02. The van der Waals surface area contributed by atoms with E-state index in [4.69, 9.17) is 14.9 Å². The summed E-state index contributed by atoms with van der Waals surface area (Å²) in [6.07, 6.45) is 1.04. The molecule has 0 bridgehead atoms. The Kier molecular flexibility index (Phi) is 7.20. The quantitative estimate of drug-likeness (QED) is 0.372. The van der Waals surface area contributed by atoms with E-state index < -0.39 is 0 Å². The van der Waals surface area contributed by atoms with Crippen LogP contribution in [0.3, 0.4) is 0 Å². The summed E-state index contributed by atoms with van der Waals surface area (Å²) in [7, 11) is 0. The lowest BCUT2D eigenvalue weighted by atomic mass is 10.3. The van der Waals surface area contributed by atoms with Gasteiger partial charge in [0.25, 0.3) is 0 Å². The number of carbonyl (C=O) groups is 1. The number of rotatable bonds is 7. The number of hydrogen-bond donors (Lipinski definition) is 1. The maximum atomic E-state index is 10.9. The zero-order chi connectivity index (χ0) is 10.1. The predicted molar refractivity (Wildman–Crippen MR) is 50.1 cm³/mol. The molecule has 0 aromatic heterocycles. The van der Waals surface area contributed by atoms with Crippen LogP contribution < -0.4 is 0 Å². The summed E-state index contributed by atoms with van der Waals surface area (Å²) < 4.78 is 9.90. The van der Waals surface area contributed by atoms with Crippen LogP contribution in [0.5, 0.6) is 0 Å². The Hall–Kier alpha value is -0.900. The van der Waals surface area contributed by atoms with Gasteiger partial charge in [0, 0.05) is 12.3 Å². The van der Waals surface area contributed by atoms with E-state index in [2.05, 4.69) is 0 Å². The summed E-state index contributed by atoms with van der Waals surface area (Å²) in [6, 6.07) is 0. The highest BCUT2D eigenvalue weighted by molar-refractivity contribution is 5.95. The number of hydrogen-bond acceptors (Lipinski definition) is 4. The minimum absolute atomic E-state index is 0.0772. The maximum Gasteiger partial charge on any atom is 0.311 e. The van der Waals surface area contributed by atoms with Crippen molar-refractivity contribution in [3.05, 3.63) is 0 Å². The van der Waals surface area contributed by atoms with Crippen molar-refractivity contribution in [1.82, 2.24) is 0 Å². The second-order valence-corrected chi connectivity index (χ2v) is 2.79. The average Bonchev–Trinajstić information content (AvgIpc) is 2.02. The third-order valence-electron chi connectivity index (χ3n) is 1.25. The van der Waals surface area contributed by atoms with Gasteiger partial charge in [-0.2, -0.15) is 0 Å². The normalized spacial score (nSPS) is 9.69. The van der Waals surface area contributed by atoms with E-state index in [1.807, 2.05) is 6.92 Å². The lowest BCUT2D eigenvalue weighted by molar-refractivity contribution is -0.143. The van der Waals surface area contributed by atoms with Crippen LogP contribution >= 0.6 is 0 Å². The molecule has 0 amide bonds. The molecule has 0 aromatic rings. The highest BCUT2D eigenvalue weighted by atomic mass is 16.6. The van der Waals surface area contributed by atoms with E-state index in [0.29, 0.717) is 18.9 Å². The largest absolute Gasteiger partial charge is 0.463 e. The first kappa shape index (κ1) is 12.1. The van der Waals surface area contributed by atoms with Gasteiger partial charge in [0.1, 0.15) is 6.61 Å². The molecule has 0 atom stereocenters. The zero-order valence-corrected chi connectivity index (χ0v) is 8.26. The van der Waals surface area contributed by atoms with Crippen molar-refractivity contribution < 1.29 is 14.3 Å². The molecule has 76 valence electrons. The molecule has 0 spiro atoms. The Morgan fingerprint density at radius 3 is 2.54 bits per heavy atom. The summed E-state index contributed by atoms with van der Waals surface area (Å²) in [5.74, 6) is -0.354. The summed E-state index contributed by atoms with van der Waals surface area (Å²) >= 11 is 0. The van der Waals surface area contributed by atoms with Crippen LogP contribution in [-0.2, 0) is 14.3 Å². The monoisotopic (exact) mass is 187 g/mol. The van der Waals surface area contributed by atoms with Crippen molar-refractivity contribution in [3.63, 3.8) is 0 Å². The Morgan fingerprint density at radius 1 is 1.31 bits per heavy atom. The molecule has 4 heteroatoms. The topological polar surface area (TPSA) is 59.4 Å². The number of nitrogens with one attached hydrogen (secondary N) is 1. The molecule has 0 radical (unpaired) electrons. The molecule has 0 unspecified atom stereocenters. The van der Waals surface area contributed by atoms with Crippen LogP contribution in [0.15, 0.2) is 0 Å². The van der Waals surface area contributed by atoms with E-state index in [9.17, 15) is 4.79 Å². The first-order chi connectivity index (χ1) is 6.16. The summed E-state index contributed by atoms with van der Waals surface area (Å²) in [4.78, 5) is 10.9. The molecule has 0 aliphatic rings. The molecule has 0 aliphatic heterocycles. The average molecular weight is 187 g/mol. The Balaban J connectivity index is 3.22. The Morgan fingerprint density at radius 2 is 2.00 bits per heavy atom. The van der Waals surface area contributed by atoms with E-state index in [-0.39, 0.29) is 19.0 Å². The van der Waals surface area contributed by atoms with Gasteiger partial charge in [0.15, 0.2) is 0 Å². The van der Waals surface area contributed by atoms with Crippen LogP contribution in [-0.4, -0.2) is 31.5 Å². The van der Waals surface area contributed by atoms with E-state index >= 15 is 0 Å². The molecule has 0 saturated heterocycles. The first-order valence-corrected chi connectivity index (χ1v) is 4.44. The van der Waals surface area contributed by atoms with Crippen LogP contribution in [0, 0.1) is 5.41 Å². The maximum absolute atomic E-state index is 10.9. The van der Waals surface area contributed by atoms with Crippen molar-refractivity contribution in [2.24, 2.45) is 0 Å². The zero-order valence-electron chi connectivity index (χ0n) is 8.26. The fraction of sp³-hybridized carbons (Fsp3) is 0.778. The first-order valence-electron chi connectivity index (χ1n) is 4.44. The molecule has 0 rings (SSSR count). The van der Waals surface area contributed by atoms with Crippen LogP contribution in [0.4, 0.5) is 0 Å². The number of esters is 1. The highest BCUT2D eigenvalue weighted by Crippen LogP contribution is 1.89. The highest BCUT2D eigenvalue weighted by Gasteiger charge is 2.02. The predicted octanol–water partition coefficient (Wildman–Crippen LogP) is 1.39. The van der Waals surface area contributed by atoms with Crippen molar-refractivity contribution in [1.29, 1.82) is 5.41 Å². The lowest BCUT2D eigenvalue weighted by Gasteiger charge is -2.04. The van der Waals surface area contributed by atoms with Gasteiger partial charge in [-0.25, -0.2) is 0 Å². The number of carbonyl (C=O) groups excluding carboxylic acids is 1. The molecule has 0 aromatic carbocycles. The van der Waals surface area contributed by atoms with Crippen molar-refractivity contribution in [3.8, 4) is 0 Å². The summed E-state index contributed by atoms with van der Waals surface area (Å²) in [5.41, 5.74) is 0.319. The van der Waals surface area contributed by atoms with Crippen molar-refractivity contribution in [2.45, 2.75) is 26.7 Å². The van der Waals surface area contributed by atoms with Gasteiger partial charge >= 0.3 is 5.97 Å². The summed E-state index contributed by atoms with van der Waals surface area (Å²) in [5, 5.41) is 7.04. The molecule has 0 fully saturated rings. The van der Waals surface area contributed by atoms with E-state index in [1.165, 1.54) is 0 Å². The molecular weight excluding hydrogens is 170 g/mol. The SMILES string of the molecule is CCCOCCOC(=O)CC(C)=N. The Labute approximate surface area is 78.7 Å². The smallest absolute Gasteiger partial charge is 0.311 e. The standard InChI is InChI=1S/C9H17NO3/c1-3-4-12-5-6-13-9(11)7-8(2)10/h10H,3-7H2,1-2H3. The van der Waals surface area contributed by atoms with Crippen LogP contribution in [0.2, 0.25) is 0 Å². The van der Waals surface area contributed by atoms with E-state index in [1.54, 1.807) is 6.92 Å². The van der Waals surface area contributed by atoms with Crippen molar-refractivity contribution >= 4 is 11.7 Å². The minimum Gasteiger partial charge on any atom is -0.463 e. The fourth-order valence-corrected chi connectivity index (χ4v) is 0.728. The molecule has 0 aliphatic carbocycles. The molecule has 0 saturated carbocycles. The van der Waals surface area contributed by atoms with E-state index in [0.717, 1.165) is 6.42 Å². The molecule has 0 heterocycles. The van der Waals surface area contributed by atoms with Gasteiger partial charge < -0.3 is 14.9 Å². The molecule has 4 nitrogen and oxygen atoms in total. The number of ether oxygens (including phenoxy) is 2. The van der Waals surface area contributed by atoms with Crippen LogP contribution in [0.1, 0.15) is 26.7 Å². The van der Waals surface area contributed by atoms with Gasteiger partial charge in [-0.15, -0.1) is 0 Å². The van der Waals surface area contributed by atoms with Crippen LogP contribution in [0.25, 0.3) is 0 Å². The second kappa shape index (κ2) is 7.73. The second-order valence-electron chi connectivity index (χ2n) is 2.79. The molecule has 13 heavy (non-hydrogen) atoms. The lowest BCUT2D eigenvalue weighted by Crippen LogP contribution is -2.12. The van der Waals surface area contributed by atoms with Gasteiger partial charge in [0.05, 0.1) is 13.0 Å². The van der Waals surface area contributed by atoms with Gasteiger partial charge in [-0.05, 0) is 13.3 Å². The molecule has 1 N–H and O–H groups in total. The van der Waals surface area contributed by atoms with Gasteiger partial charge in [-0.3, -0.25) is 4.79 Å². The third-order valence-corrected chi connectivity index (χ3v) is 1.25. The van der Waals surface area contributed by atoms with Crippen molar-refractivity contribution in [2.75, 3.05) is 19.8 Å². The minimum atomic E-state index is -0.354. The third kappa shape index (κ3) is 9.01. The van der Waals surface area contributed by atoms with Gasteiger partial charge in [0.2, 0.25) is 0 Å². The Bertz CT molecular complexity index is 168.